The third-order valence-electron chi connectivity index (χ3n) is 7.05. The number of nitrogens with one attached hydrogen (secondary N) is 4. The third-order valence-corrected chi connectivity index (χ3v) is 7.21. The summed E-state index contributed by atoms with van der Waals surface area (Å²) >= 11 is 6.02. The lowest BCUT2D eigenvalue weighted by atomic mass is 10.1. The van der Waals surface area contributed by atoms with E-state index in [9.17, 15) is 39.6 Å². The molecule has 0 aliphatic carbocycles. The Balaban J connectivity index is 1.22. The van der Waals surface area contributed by atoms with Crippen LogP contribution < -0.4 is 33.1 Å². The van der Waals surface area contributed by atoms with E-state index >= 15 is 0 Å². The van der Waals surface area contributed by atoms with Gasteiger partial charge in [-0.05, 0) is 25.4 Å². The van der Waals surface area contributed by atoms with Gasteiger partial charge in [0.2, 0.25) is 17.2 Å². The lowest BCUT2D eigenvalue weighted by Gasteiger charge is -2.18. The number of halogens is 1. The van der Waals surface area contributed by atoms with Crippen molar-refractivity contribution in [1.82, 2.24) is 34.1 Å². The Morgan fingerprint density at radius 2 is 1.14 bits per heavy atom. The van der Waals surface area contributed by atoms with E-state index < -0.39 is 71.6 Å². The Labute approximate surface area is 244 Å². The standard InChI is InChI=1S/C23H28ClN9O10/c1-7-5-32(22(40)27-15(7)38)17-13(36)11(34)9(42-17)3-25-20-29-19(24)30-21(31-20)26-4-10-12(35)14(37)18(43-10)33-6-8(2)16(39)28-23(33)41/h5-6,9-14,17-18,34-37H,3-4H2,1-2H3,(H,27,38,40)(H,28,39,41)(H2,25,26,29,30,31)/t9-,10-,11-,12-,13-,14-,17-,18-/m1/s1. The molecule has 8 atom stereocenters. The predicted molar refractivity (Wildman–Crippen MR) is 146 cm³/mol. The van der Waals surface area contributed by atoms with Gasteiger partial charge in [-0.25, -0.2) is 9.59 Å². The second kappa shape index (κ2) is 12.0. The van der Waals surface area contributed by atoms with Gasteiger partial charge in [-0.15, -0.1) is 0 Å². The first-order valence-corrected chi connectivity index (χ1v) is 13.3. The van der Waals surface area contributed by atoms with E-state index in [1.54, 1.807) is 0 Å². The molecule has 43 heavy (non-hydrogen) atoms. The highest BCUT2D eigenvalue weighted by atomic mass is 35.5. The maximum absolute atomic E-state index is 12.2. The molecule has 0 amide bonds. The van der Waals surface area contributed by atoms with Crippen LogP contribution in [-0.4, -0.2) is 104 Å². The highest BCUT2D eigenvalue weighted by Crippen LogP contribution is 2.30. The van der Waals surface area contributed by atoms with Crippen molar-refractivity contribution in [2.75, 3.05) is 23.7 Å². The first kappa shape index (κ1) is 30.5. The number of aromatic nitrogens is 7. The fraction of sp³-hybridized carbons (Fsp3) is 0.522. The molecule has 2 fully saturated rings. The fourth-order valence-corrected chi connectivity index (χ4v) is 4.86. The van der Waals surface area contributed by atoms with Crippen LogP contribution >= 0.6 is 11.6 Å². The van der Waals surface area contributed by atoms with Crippen molar-refractivity contribution in [2.45, 2.75) is 62.9 Å². The lowest BCUT2D eigenvalue weighted by Crippen LogP contribution is -2.38. The average Bonchev–Trinajstić information content (AvgIpc) is 3.39. The molecule has 0 unspecified atom stereocenters. The number of aliphatic hydroxyl groups excluding tert-OH is 4. The van der Waals surface area contributed by atoms with Gasteiger partial charge in [0.25, 0.3) is 11.1 Å². The molecular formula is C23H28ClN9O10. The summed E-state index contributed by atoms with van der Waals surface area (Å²) in [6, 6.07) is 0. The average molecular weight is 626 g/mol. The van der Waals surface area contributed by atoms with E-state index in [1.807, 2.05) is 0 Å². The highest BCUT2D eigenvalue weighted by molar-refractivity contribution is 6.28. The topological polar surface area (TPSA) is 272 Å². The zero-order valence-electron chi connectivity index (χ0n) is 22.5. The van der Waals surface area contributed by atoms with E-state index in [-0.39, 0.29) is 41.4 Å². The molecule has 20 heteroatoms. The summed E-state index contributed by atoms with van der Waals surface area (Å²) in [4.78, 5) is 64.0. The second-order valence-electron chi connectivity index (χ2n) is 10.1. The monoisotopic (exact) mass is 625 g/mol. The summed E-state index contributed by atoms with van der Waals surface area (Å²) < 4.78 is 13.3. The van der Waals surface area contributed by atoms with Gasteiger partial charge in [0.15, 0.2) is 12.5 Å². The fourth-order valence-electron chi connectivity index (χ4n) is 4.70. The van der Waals surface area contributed by atoms with Gasteiger partial charge >= 0.3 is 11.4 Å². The molecule has 0 spiro atoms. The van der Waals surface area contributed by atoms with Crippen molar-refractivity contribution in [2.24, 2.45) is 0 Å². The Hall–Kier alpha value is -3.98. The first-order chi connectivity index (χ1) is 20.3. The minimum Gasteiger partial charge on any atom is -0.387 e. The van der Waals surface area contributed by atoms with Gasteiger partial charge in [-0.2, -0.15) is 15.0 Å². The van der Waals surface area contributed by atoms with Crippen LogP contribution in [0.25, 0.3) is 0 Å². The first-order valence-electron chi connectivity index (χ1n) is 12.9. The van der Waals surface area contributed by atoms with Crippen molar-refractivity contribution < 1.29 is 29.9 Å². The van der Waals surface area contributed by atoms with Crippen molar-refractivity contribution in [3.8, 4) is 0 Å². The van der Waals surface area contributed by atoms with Crippen LogP contribution in [0.15, 0.2) is 31.6 Å². The molecule has 0 saturated carbocycles. The Kier molecular flexibility index (Phi) is 8.47. The van der Waals surface area contributed by atoms with Crippen LogP contribution in [0.5, 0.6) is 0 Å². The predicted octanol–water partition coefficient (Wildman–Crippen LogP) is -3.70. The summed E-state index contributed by atoms with van der Waals surface area (Å²) in [7, 11) is 0. The molecule has 8 N–H and O–H groups in total. The van der Waals surface area contributed by atoms with E-state index in [2.05, 4.69) is 35.6 Å². The van der Waals surface area contributed by atoms with E-state index in [0.717, 1.165) is 9.13 Å². The number of aromatic amines is 2. The molecule has 0 bridgehead atoms. The number of hydrogen-bond acceptors (Lipinski definition) is 15. The number of rotatable bonds is 8. The van der Waals surface area contributed by atoms with Gasteiger partial charge in [0, 0.05) is 36.6 Å². The number of aliphatic hydroxyl groups is 4. The minimum atomic E-state index is -1.50. The molecule has 3 aromatic rings. The Morgan fingerprint density at radius 1 is 0.744 bits per heavy atom. The molecule has 19 nitrogen and oxygen atoms in total. The largest absolute Gasteiger partial charge is 0.387 e. The molecule has 0 radical (unpaired) electrons. The number of nitrogens with zero attached hydrogens (tertiary/aromatic N) is 5. The molecule has 2 aliphatic rings. The van der Waals surface area contributed by atoms with Gasteiger partial charge in [0.05, 0.1) is 0 Å². The lowest BCUT2D eigenvalue weighted by molar-refractivity contribution is -0.0365. The van der Waals surface area contributed by atoms with E-state index in [1.165, 1.54) is 26.2 Å². The molecular weight excluding hydrogens is 598 g/mol. The van der Waals surface area contributed by atoms with Crippen LogP contribution in [0.2, 0.25) is 5.28 Å². The molecule has 5 heterocycles. The molecule has 0 aromatic carbocycles. The summed E-state index contributed by atoms with van der Waals surface area (Å²) in [5, 5.41) is 47.3. The van der Waals surface area contributed by atoms with Crippen LogP contribution in [-0.2, 0) is 9.47 Å². The smallest absolute Gasteiger partial charge is 0.330 e. The molecule has 2 saturated heterocycles. The summed E-state index contributed by atoms with van der Waals surface area (Å²) in [6.07, 6.45) is -8.05. The molecule has 2 aliphatic heterocycles. The van der Waals surface area contributed by atoms with Gasteiger partial charge in [0.1, 0.15) is 36.6 Å². The van der Waals surface area contributed by atoms with Crippen molar-refractivity contribution in [1.29, 1.82) is 0 Å². The summed E-state index contributed by atoms with van der Waals surface area (Å²) in [5.74, 6) is -0.122. The van der Waals surface area contributed by atoms with Crippen molar-refractivity contribution in [3.05, 3.63) is 70.5 Å². The van der Waals surface area contributed by atoms with E-state index in [0.29, 0.717) is 0 Å². The number of ether oxygens (including phenoxy) is 2. The van der Waals surface area contributed by atoms with Gasteiger partial charge in [-0.1, -0.05) is 0 Å². The summed E-state index contributed by atoms with van der Waals surface area (Å²) in [6.45, 7) is 2.65. The number of anilines is 2. The Bertz CT molecular complexity index is 1620. The van der Waals surface area contributed by atoms with Crippen LogP contribution in [0, 0.1) is 13.8 Å². The number of H-pyrrole nitrogens is 2. The SMILES string of the molecule is Cc1cn([C@@H]2O[C@H](CNc3nc(Cl)nc(NC[C@H]4O[C@@H](n5cc(C)c(=O)[nH]c5=O)[C@H](O)[C@@H]4O)n3)[C@@H](O)[C@H]2O)c(=O)[nH]c1=O. The third kappa shape index (κ3) is 6.09. The summed E-state index contributed by atoms with van der Waals surface area (Å²) in [5.41, 5.74) is -2.42. The van der Waals surface area contributed by atoms with Crippen molar-refractivity contribution >= 4 is 23.5 Å². The zero-order chi connectivity index (χ0) is 31.2. The maximum atomic E-state index is 12.2. The van der Waals surface area contributed by atoms with E-state index in [4.69, 9.17) is 21.1 Å². The number of aryl methyl sites for hydroxylation is 2. The number of hydrogen-bond donors (Lipinski definition) is 8. The normalized spacial score (nSPS) is 28.7. The van der Waals surface area contributed by atoms with Gasteiger partial charge < -0.3 is 40.5 Å². The van der Waals surface area contributed by atoms with Crippen molar-refractivity contribution in [3.63, 3.8) is 0 Å². The minimum absolute atomic E-state index is 0.0608. The van der Waals surface area contributed by atoms with Crippen LogP contribution in [0.3, 0.4) is 0 Å². The molecule has 3 aromatic heterocycles. The maximum Gasteiger partial charge on any atom is 0.330 e. The highest BCUT2D eigenvalue weighted by Gasteiger charge is 2.45. The van der Waals surface area contributed by atoms with Crippen LogP contribution in [0.1, 0.15) is 23.6 Å². The molecule has 5 rings (SSSR count). The second-order valence-corrected chi connectivity index (χ2v) is 10.4. The van der Waals surface area contributed by atoms with Crippen LogP contribution in [0.4, 0.5) is 11.9 Å². The zero-order valence-corrected chi connectivity index (χ0v) is 23.3. The quantitative estimate of drug-likeness (QED) is 0.120. The molecule has 232 valence electrons. The van der Waals surface area contributed by atoms with Gasteiger partial charge in [-0.3, -0.25) is 28.7 Å². The Morgan fingerprint density at radius 3 is 1.53 bits per heavy atom.